The molecule has 0 spiro atoms. The molecule has 1 aromatic heterocycles. The van der Waals surface area contributed by atoms with E-state index in [0.717, 1.165) is 5.56 Å². The molecule has 0 saturated heterocycles. The van der Waals surface area contributed by atoms with E-state index in [0.29, 0.717) is 34.6 Å². The van der Waals surface area contributed by atoms with Crippen LogP contribution in [-0.4, -0.2) is 35.4 Å². The fraction of sp³-hybridized carbons (Fsp3) is 0.316. The standard InChI is InChI=1S/C19H21N3O3/c1-5-25-19(24)16-12(2)17(21-13(16)3)18(23)22(4)11-15-8-6-14(10-20)7-9-15/h6-9,21H,5,11H2,1-4H3. The second-order valence-corrected chi connectivity index (χ2v) is 5.82. The van der Waals surface area contributed by atoms with Gasteiger partial charge in [0.2, 0.25) is 0 Å². The van der Waals surface area contributed by atoms with Crippen LogP contribution in [0.3, 0.4) is 0 Å². The van der Waals surface area contributed by atoms with E-state index in [1.165, 1.54) is 0 Å². The zero-order chi connectivity index (χ0) is 18.6. The second-order valence-electron chi connectivity index (χ2n) is 5.82. The van der Waals surface area contributed by atoms with E-state index in [1.807, 2.05) is 12.1 Å². The highest BCUT2D eigenvalue weighted by Gasteiger charge is 2.24. The Morgan fingerprint density at radius 2 is 1.88 bits per heavy atom. The van der Waals surface area contributed by atoms with E-state index in [9.17, 15) is 9.59 Å². The molecule has 1 heterocycles. The molecule has 0 atom stereocenters. The maximum absolute atomic E-state index is 12.7. The van der Waals surface area contributed by atoms with Crippen LogP contribution in [0.4, 0.5) is 0 Å². The van der Waals surface area contributed by atoms with E-state index < -0.39 is 5.97 Å². The number of H-pyrrole nitrogens is 1. The van der Waals surface area contributed by atoms with Gasteiger partial charge in [-0.05, 0) is 44.0 Å². The van der Waals surface area contributed by atoms with Crippen LogP contribution in [0.1, 0.15) is 50.2 Å². The van der Waals surface area contributed by atoms with Gasteiger partial charge < -0.3 is 14.6 Å². The Morgan fingerprint density at radius 1 is 1.24 bits per heavy atom. The van der Waals surface area contributed by atoms with Crippen molar-refractivity contribution < 1.29 is 14.3 Å². The summed E-state index contributed by atoms with van der Waals surface area (Å²) in [6, 6.07) is 9.14. The summed E-state index contributed by atoms with van der Waals surface area (Å²) in [4.78, 5) is 29.3. The van der Waals surface area contributed by atoms with Gasteiger partial charge in [-0.1, -0.05) is 12.1 Å². The predicted octanol–water partition coefficient (Wildman–Crippen LogP) is 2.95. The van der Waals surface area contributed by atoms with Crippen LogP contribution < -0.4 is 0 Å². The van der Waals surface area contributed by atoms with Crippen LogP contribution in [0.2, 0.25) is 0 Å². The number of nitrogens with one attached hydrogen (secondary N) is 1. The monoisotopic (exact) mass is 339 g/mol. The van der Waals surface area contributed by atoms with Gasteiger partial charge in [-0.2, -0.15) is 5.26 Å². The molecule has 6 heteroatoms. The average Bonchev–Trinajstić information content (AvgIpc) is 2.89. The molecule has 2 aromatic rings. The van der Waals surface area contributed by atoms with Crippen molar-refractivity contribution in [1.29, 1.82) is 5.26 Å². The number of aromatic nitrogens is 1. The average molecular weight is 339 g/mol. The number of aryl methyl sites for hydroxylation is 1. The molecule has 0 fully saturated rings. The van der Waals surface area contributed by atoms with Gasteiger partial charge in [0.05, 0.1) is 23.8 Å². The summed E-state index contributed by atoms with van der Waals surface area (Å²) in [5.41, 5.74) is 3.50. The number of amides is 1. The molecule has 0 unspecified atom stereocenters. The van der Waals surface area contributed by atoms with Crippen molar-refractivity contribution in [3.8, 4) is 6.07 Å². The second kappa shape index (κ2) is 7.67. The van der Waals surface area contributed by atoms with Gasteiger partial charge in [0.25, 0.3) is 5.91 Å². The third kappa shape index (κ3) is 3.89. The maximum Gasteiger partial charge on any atom is 0.340 e. The summed E-state index contributed by atoms with van der Waals surface area (Å²) in [5.74, 6) is -0.636. The van der Waals surface area contributed by atoms with Crippen LogP contribution in [0.25, 0.3) is 0 Å². The maximum atomic E-state index is 12.7. The number of aromatic amines is 1. The number of nitriles is 1. The number of hydrogen-bond acceptors (Lipinski definition) is 4. The molecule has 1 amide bonds. The van der Waals surface area contributed by atoms with Crippen LogP contribution in [-0.2, 0) is 11.3 Å². The van der Waals surface area contributed by atoms with Crippen LogP contribution in [0, 0.1) is 25.2 Å². The minimum atomic E-state index is -0.428. The Labute approximate surface area is 147 Å². The number of benzene rings is 1. The van der Waals surface area contributed by atoms with Crippen molar-refractivity contribution in [2.75, 3.05) is 13.7 Å². The molecule has 0 aliphatic carbocycles. The van der Waals surface area contributed by atoms with Gasteiger partial charge in [-0.25, -0.2) is 4.79 Å². The lowest BCUT2D eigenvalue weighted by molar-refractivity contribution is 0.0525. The first-order valence-electron chi connectivity index (χ1n) is 7.99. The number of nitrogens with zero attached hydrogens (tertiary/aromatic N) is 2. The Bertz CT molecular complexity index is 829. The highest BCUT2D eigenvalue weighted by Crippen LogP contribution is 2.21. The molecule has 0 aliphatic rings. The van der Waals surface area contributed by atoms with Gasteiger partial charge in [0.1, 0.15) is 5.69 Å². The van der Waals surface area contributed by atoms with Gasteiger partial charge in [-0.3, -0.25) is 4.79 Å². The Kier molecular flexibility index (Phi) is 5.60. The first-order valence-corrected chi connectivity index (χ1v) is 7.99. The lowest BCUT2D eigenvalue weighted by atomic mass is 10.1. The third-order valence-corrected chi connectivity index (χ3v) is 3.98. The van der Waals surface area contributed by atoms with Crippen LogP contribution >= 0.6 is 0 Å². The number of esters is 1. The minimum absolute atomic E-state index is 0.208. The predicted molar refractivity (Wildman–Crippen MR) is 93.2 cm³/mol. The zero-order valence-corrected chi connectivity index (χ0v) is 14.8. The summed E-state index contributed by atoms with van der Waals surface area (Å²) >= 11 is 0. The summed E-state index contributed by atoms with van der Waals surface area (Å²) in [6.07, 6.45) is 0. The Balaban J connectivity index is 2.20. The normalized spacial score (nSPS) is 10.2. The van der Waals surface area contributed by atoms with E-state index in [4.69, 9.17) is 10.00 Å². The highest BCUT2D eigenvalue weighted by molar-refractivity contribution is 6.00. The topological polar surface area (TPSA) is 86.2 Å². The number of carbonyl (C=O) groups is 2. The zero-order valence-electron chi connectivity index (χ0n) is 14.8. The Morgan fingerprint density at radius 3 is 2.44 bits per heavy atom. The van der Waals surface area contributed by atoms with Crippen molar-refractivity contribution >= 4 is 11.9 Å². The van der Waals surface area contributed by atoms with Gasteiger partial charge in [-0.15, -0.1) is 0 Å². The number of hydrogen-bond donors (Lipinski definition) is 1. The van der Waals surface area contributed by atoms with Crippen molar-refractivity contribution in [3.05, 3.63) is 57.9 Å². The molecule has 6 nitrogen and oxygen atoms in total. The fourth-order valence-corrected chi connectivity index (χ4v) is 2.69. The fourth-order valence-electron chi connectivity index (χ4n) is 2.69. The molecule has 130 valence electrons. The molecule has 25 heavy (non-hydrogen) atoms. The molecule has 0 radical (unpaired) electrons. The molecule has 1 N–H and O–H groups in total. The summed E-state index contributed by atoms with van der Waals surface area (Å²) < 4.78 is 5.05. The molecule has 0 saturated carbocycles. The number of carbonyl (C=O) groups excluding carboxylic acids is 2. The molecule has 0 aliphatic heterocycles. The van der Waals surface area contributed by atoms with Crippen molar-refractivity contribution in [2.24, 2.45) is 0 Å². The quantitative estimate of drug-likeness (QED) is 0.849. The summed E-state index contributed by atoms with van der Waals surface area (Å²) in [5, 5.41) is 8.83. The third-order valence-electron chi connectivity index (χ3n) is 3.98. The molecule has 2 rings (SSSR count). The first kappa shape index (κ1) is 18.3. The summed E-state index contributed by atoms with van der Waals surface area (Å²) in [6.45, 7) is 5.91. The van der Waals surface area contributed by atoms with Crippen molar-refractivity contribution in [1.82, 2.24) is 9.88 Å². The van der Waals surface area contributed by atoms with Crippen molar-refractivity contribution in [2.45, 2.75) is 27.3 Å². The SMILES string of the molecule is CCOC(=O)c1c(C)[nH]c(C(=O)N(C)Cc2ccc(C#N)cc2)c1C. The lowest BCUT2D eigenvalue weighted by Gasteiger charge is -2.17. The first-order chi connectivity index (χ1) is 11.9. The summed E-state index contributed by atoms with van der Waals surface area (Å²) in [7, 11) is 1.69. The minimum Gasteiger partial charge on any atom is -0.462 e. The van der Waals surface area contributed by atoms with Crippen molar-refractivity contribution in [3.63, 3.8) is 0 Å². The smallest absolute Gasteiger partial charge is 0.340 e. The van der Waals surface area contributed by atoms with Gasteiger partial charge in [0.15, 0.2) is 0 Å². The van der Waals surface area contributed by atoms with Crippen LogP contribution in [0.5, 0.6) is 0 Å². The van der Waals surface area contributed by atoms with Crippen LogP contribution in [0.15, 0.2) is 24.3 Å². The molecule has 0 bridgehead atoms. The highest BCUT2D eigenvalue weighted by atomic mass is 16.5. The number of rotatable bonds is 5. The molecular weight excluding hydrogens is 318 g/mol. The van der Waals surface area contributed by atoms with E-state index in [2.05, 4.69) is 11.1 Å². The lowest BCUT2D eigenvalue weighted by Crippen LogP contribution is -2.27. The number of ether oxygens (including phenoxy) is 1. The van der Waals surface area contributed by atoms with E-state index in [-0.39, 0.29) is 12.5 Å². The van der Waals surface area contributed by atoms with E-state index >= 15 is 0 Å². The van der Waals surface area contributed by atoms with Gasteiger partial charge >= 0.3 is 5.97 Å². The molecular formula is C19H21N3O3. The largest absolute Gasteiger partial charge is 0.462 e. The van der Waals surface area contributed by atoms with Gasteiger partial charge in [0, 0.05) is 19.3 Å². The molecule has 1 aromatic carbocycles. The Hall–Kier alpha value is -3.07. The van der Waals surface area contributed by atoms with E-state index in [1.54, 1.807) is 44.9 Å².